The lowest BCUT2D eigenvalue weighted by Gasteiger charge is -2.50. The molecule has 1 N–H and O–H groups in total. The van der Waals surface area contributed by atoms with E-state index in [4.69, 9.17) is 0 Å². The average Bonchev–Trinajstić information content (AvgIpc) is 2.24. The first-order valence-corrected chi connectivity index (χ1v) is 6.68. The van der Waals surface area contributed by atoms with Crippen LogP contribution in [0, 0.1) is 11.8 Å². The fraction of sp³-hybridized carbons (Fsp3) is 0.923. The maximum Gasteiger partial charge on any atom is 0.320 e. The normalized spacial score (nSPS) is 25.0. The lowest BCUT2D eigenvalue weighted by atomic mass is 9.83. The summed E-state index contributed by atoms with van der Waals surface area (Å²) in [6.07, 6.45) is 2.21. The average molecular weight is 240 g/mol. The predicted molar refractivity (Wildman–Crippen MR) is 66.7 cm³/mol. The van der Waals surface area contributed by atoms with Crippen LogP contribution in [0.4, 0.5) is 4.79 Å². The van der Waals surface area contributed by atoms with Crippen molar-refractivity contribution in [2.24, 2.45) is 11.8 Å². The Labute approximate surface area is 104 Å². The Morgan fingerprint density at radius 2 is 1.76 bits per heavy atom. The van der Waals surface area contributed by atoms with Crippen LogP contribution in [0.5, 0.6) is 0 Å². The van der Waals surface area contributed by atoms with Gasteiger partial charge in [0.2, 0.25) is 0 Å². The second-order valence-corrected chi connectivity index (χ2v) is 6.07. The van der Waals surface area contributed by atoms with Crippen LogP contribution in [0.3, 0.4) is 0 Å². The number of piperidine rings is 1. The quantitative estimate of drug-likeness (QED) is 0.755. The molecule has 2 fully saturated rings. The number of amides is 2. The number of rotatable bonds is 1. The van der Waals surface area contributed by atoms with Crippen LogP contribution in [-0.2, 0) is 0 Å². The highest BCUT2D eigenvalue weighted by Gasteiger charge is 2.46. The van der Waals surface area contributed by atoms with Crippen LogP contribution in [0.25, 0.3) is 0 Å². The zero-order valence-corrected chi connectivity index (χ0v) is 11.1. The van der Waals surface area contributed by atoms with Gasteiger partial charge in [0.1, 0.15) is 5.60 Å². The number of urea groups is 1. The van der Waals surface area contributed by atoms with Crippen molar-refractivity contribution >= 4 is 6.03 Å². The molecule has 0 aromatic heterocycles. The van der Waals surface area contributed by atoms with Crippen LogP contribution in [-0.4, -0.2) is 52.7 Å². The Hall–Kier alpha value is -0.770. The molecule has 4 nitrogen and oxygen atoms in total. The molecule has 2 heterocycles. The maximum atomic E-state index is 12.1. The number of hydrogen-bond acceptors (Lipinski definition) is 2. The smallest absolute Gasteiger partial charge is 0.320 e. The number of aliphatic hydroxyl groups is 1. The van der Waals surface area contributed by atoms with Crippen molar-refractivity contribution in [3.05, 3.63) is 0 Å². The second-order valence-electron chi connectivity index (χ2n) is 6.07. The molecular weight excluding hydrogens is 216 g/mol. The van der Waals surface area contributed by atoms with Gasteiger partial charge in [-0.15, -0.1) is 0 Å². The number of β-amino-alcohol motifs (C(OH)–C–C–N with tert-alkyl or cyclic N) is 1. The van der Waals surface area contributed by atoms with Crippen LogP contribution < -0.4 is 0 Å². The van der Waals surface area contributed by atoms with Crippen molar-refractivity contribution in [2.45, 2.75) is 39.2 Å². The molecule has 98 valence electrons. The molecule has 0 bridgehead atoms. The fourth-order valence-electron chi connectivity index (χ4n) is 2.51. The van der Waals surface area contributed by atoms with E-state index in [0.717, 1.165) is 31.8 Å². The number of nitrogens with zero attached hydrogens (tertiary/aromatic N) is 2. The second kappa shape index (κ2) is 4.48. The van der Waals surface area contributed by atoms with Gasteiger partial charge in [0.15, 0.2) is 0 Å². The lowest BCUT2D eigenvalue weighted by Crippen LogP contribution is -2.68. The van der Waals surface area contributed by atoms with Gasteiger partial charge in [-0.2, -0.15) is 0 Å². The zero-order chi connectivity index (χ0) is 12.6. The Bertz CT molecular complexity index is 290. The van der Waals surface area contributed by atoms with Crippen molar-refractivity contribution in [3.8, 4) is 0 Å². The summed E-state index contributed by atoms with van der Waals surface area (Å²) >= 11 is 0. The molecule has 0 unspecified atom stereocenters. The summed E-state index contributed by atoms with van der Waals surface area (Å²) in [5.41, 5.74) is -0.654. The summed E-state index contributed by atoms with van der Waals surface area (Å²) in [5, 5.41) is 10.1. The number of carbonyl (C=O) groups excluding carboxylic acids is 1. The Morgan fingerprint density at radius 3 is 2.24 bits per heavy atom. The molecule has 0 aliphatic carbocycles. The van der Waals surface area contributed by atoms with Gasteiger partial charge in [0.05, 0.1) is 13.1 Å². The third kappa shape index (κ3) is 2.41. The fourth-order valence-corrected chi connectivity index (χ4v) is 2.51. The van der Waals surface area contributed by atoms with Gasteiger partial charge >= 0.3 is 6.03 Å². The van der Waals surface area contributed by atoms with Crippen molar-refractivity contribution in [1.82, 2.24) is 9.80 Å². The molecule has 2 aliphatic heterocycles. The molecule has 0 atom stereocenters. The first-order valence-electron chi connectivity index (χ1n) is 6.68. The number of likely N-dealkylation sites (tertiary alicyclic amines) is 2. The lowest BCUT2D eigenvalue weighted by molar-refractivity contribution is -0.112. The molecule has 2 saturated heterocycles. The van der Waals surface area contributed by atoms with Crippen molar-refractivity contribution in [2.75, 3.05) is 26.2 Å². The minimum Gasteiger partial charge on any atom is -0.386 e. The van der Waals surface area contributed by atoms with Gasteiger partial charge < -0.3 is 14.9 Å². The highest BCUT2D eigenvalue weighted by Crippen LogP contribution is 2.30. The van der Waals surface area contributed by atoms with Crippen LogP contribution in [0.1, 0.15) is 33.6 Å². The summed E-state index contributed by atoms with van der Waals surface area (Å²) in [6.45, 7) is 8.98. The molecule has 0 radical (unpaired) electrons. The summed E-state index contributed by atoms with van der Waals surface area (Å²) in [7, 11) is 0. The zero-order valence-electron chi connectivity index (χ0n) is 11.1. The van der Waals surface area contributed by atoms with Gasteiger partial charge in [-0.05, 0) is 24.7 Å². The molecule has 17 heavy (non-hydrogen) atoms. The first-order chi connectivity index (χ1) is 7.92. The van der Waals surface area contributed by atoms with E-state index in [1.165, 1.54) is 0 Å². The predicted octanol–water partition coefficient (Wildman–Crippen LogP) is 1.54. The molecule has 0 saturated carbocycles. The molecule has 2 aliphatic rings. The van der Waals surface area contributed by atoms with Gasteiger partial charge in [-0.3, -0.25) is 0 Å². The van der Waals surface area contributed by atoms with Crippen molar-refractivity contribution < 1.29 is 9.90 Å². The molecule has 0 aromatic rings. The molecule has 0 aromatic carbocycles. The highest BCUT2D eigenvalue weighted by molar-refractivity contribution is 5.75. The van der Waals surface area contributed by atoms with Gasteiger partial charge in [-0.25, -0.2) is 4.79 Å². The summed E-state index contributed by atoms with van der Waals surface area (Å²) in [6, 6.07) is 0.113. The highest BCUT2D eigenvalue weighted by atomic mass is 16.3. The van der Waals surface area contributed by atoms with Crippen LogP contribution >= 0.6 is 0 Å². The summed E-state index contributed by atoms with van der Waals surface area (Å²) < 4.78 is 0. The van der Waals surface area contributed by atoms with E-state index < -0.39 is 5.60 Å². The van der Waals surface area contributed by atoms with E-state index >= 15 is 0 Å². The Kier molecular flexibility index (Phi) is 3.34. The van der Waals surface area contributed by atoms with E-state index in [-0.39, 0.29) is 11.9 Å². The molecule has 0 spiro atoms. The SMILES string of the molecule is CC1CCN(C(=O)N2CC(O)(C(C)C)C2)CC1. The minimum absolute atomic E-state index is 0.113. The largest absolute Gasteiger partial charge is 0.386 e. The third-order valence-electron chi connectivity index (χ3n) is 4.33. The van der Waals surface area contributed by atoms with E-state index in [1.807, 2.05) is 18.7 Å². The van der Waals surface area contributed by atoms with Crippen molar-refractivity contribution in [1.29, 1.82) is 0 Å². The monoisotopic (exact) mass is 240 g/mol. The van der Waals surface area contributed by atoms with E-state index in [0.29, 0.717) is 13.1 Å². The van der Waals surface area contributed by atoms with E-state index in [2.05, 4.69) is 6.92 Å². The maximum absolute atomic E-state index is 12.1. The molecule has 2 rings (SSSR count). The van der Waals surface area contributed by atoms with E-state index in [1.54, 1.807) is 4.90 Å². The standard InChI is InChI=1S/C13H24N2O2/c1-10(2)13(17)8-15(9-13)12(16)14-6-4-11(3)5-7-14/h10-11,17H,4-9H2,1-3H3. The summed E-state index contributed by atoms with van der Waals surface area (Å²) in [4.78, 5) is 15.8. The van der Waals surface area contributed by atoms with Gasteiger partial charge in [0.25, 0.3) is 0 Å². The third-order valence-corrected chi connectivity index (χ3v) is 4.33. The van der Waals surface area contributed by atoms with Crippen molar-refractivity contribution in [3.63, 3.8) is 0 Å². The summed E-state index contributed by atoms with van der Waals surface area (Å²) in [5.74, 6) is 0.955. The number of carbonyl (C=O) groups is 1. The molecule has 2 amide bonds. The Balaban J connectivity index is 1.83. The van der Waals surface area contributed by atoms with Crippen LogP contribution in [0.15, 0.2) is 0 Å². The van der Waals surface area contributed by atoms with Gasteiger partial charge in [0, 0.05) is 13.1 Å². The molecule has 4 heteroatoms. The minimum atomic E-state index is -0.654. The van der Waals surface area contributed by atoms with E-state index in [9.17, 15) is 9.90 Å². The number of hydrogen-bond donors (Lipinski definition) is 1. The van der Waals surface area contributed by atoms with Gasteiger partial charge in [-0.1, -0.05) is 20.8 Å². The topological polar surface area (TPSA) is 43.8 Å². The first kappa shape index (κ1) is 12.7. The van der Waals surface area contributed by atoms with Crippen LogP contribution in [0.2, 0.25) is 0 Å². The molecular formula is C13H24N2O2. The Morgan fingerprint density at radius 1 is 1.24 bits per heavy atom.